The Labute approximate surface area is 85.6 Å². The Bertz CT molecular complexity index is 330. The molecule has 0 atom stereocenters. The molecule has 1 rings (SSSR count). The van der Waals surface area contributed by atoms with Gasteiger partial charge in [-0.1, -0.05) is 32.9 Å². The van der Waals surface area contributed by atoms with Crippen LogP contribution in [0.2, 0.25) is 0 Å². The molecule has 0 aliphatic carbocycles. The molecule has 0 nitrogen and oxygen atoms in total. The standard InChI is InChI=1S/C10H14S.C2H6/c1-4-6-9-7-8(3)11-10(9)5-2;1-2/h5-7H,4H2,1-3H3;1-2H3/b9-6-,10-5+;. The zero-order valence-corrected chi connectivity index (χ0v) is 10.2. The van der Waals surface area contributed by atoms with E-state index in [1.807, 2.05) is 25.2 Å². The van der Waals surface area contributed by atoms with Gasteiger partial charge in [-0.2, -0.15) is 0 Å². The third kappa shape index (κ3) is 3.77. The van der Waals surface area contributed by atoms with E-state index in [-0.39, 0.29) is 0 Å². The fourth-order valence-corrected chi connectivity index (χ4v) is 2.07. The molecule has 13 heavy (non-hydrogen) atoms. The molecule has 1 heterocycles. The lowest BCUT2D eigenvalue weighted by Gasteiger charge is -1.76. The lowest BCUT2D eigenvalue weighted by molar-refractivity contribution is 1.29. The number of hydrogen-bond acceptors (Lipinski definition) is 1. The van der Waals surface area contributed by atoms with Crippen LogP contribution in [0.15, 0.2) is 6.07 Å². The Morgan fingerprint density at radius 1 is 1.38 bits per heavy atom. The van der Waals surface area contributed by atoms with Gasteiger partial charge in [0.15, 0.2) is 0 Å². The van der Waals surface area contributed by atoms with Crippen molar-refractivity contribution < 1.29 is 0 Å². The zero-order chi connectivity index (χ0) is 10.3. The maximum Gasteiger partial charge on any atom is 0.0299 e. The molecule has 0 saturated heterocycles. The number of hydrogen-bond donors (Lipinski definition) is 0. The Hall–Kier alpha value is -0.560. The van der Waals surface area contributed by atoms with E-state index < -0.39 is 0 Å². The molecule has 1 heteroatoms. The first-order chi connectivity index (χ1) is 6.27. The van der Waals surface area contributed by atoms with Crippen molar-refractivity contribution in [3.8, 4) is 0 Å². The van der Waals surface area contributed by atoms with E-state index in [1.54, 1.807) is 0 Å². The van der Waals surface area contributed by atoms with E-state index in [0.29, 0.717) is 0 Å². The Morgan fingerprint density at radius 3 is 2.46 bits per heavy atom. The summed E-state index contributed by atoms with van der Waals surface area (Å²) in [5.41, 5.74) is 0. The summed E-state index contributed by atoms with van der Waals surface area (Å²) >= 11 is 1.87. The molecule has 1 aromatic heterocycles. The second-order valence-corrected chi connectivity index (χ2v) is 3.87. The number of aryl methyl sites for hydroxylation is 1. The van der Waals surface area contributed by atoms with E-state index in [2.05, 4.69) is 39.0 Å². The molecule has 0 aliphatic rings. The van der Waals surface area contributed by atoms with Crippen molar-refractivity contribution in [1.29, 1.82) is 0 Å². The maximum atomic E-state index is 2.28. The van der Waals surface area contributed by atoms with Crippen molar-refractivity contribution in [2.45, 2.75) is 41.0 Å². The third-order valence-corrected chi connectivity index (χ3v) is 2.73. The first kappa shape index (κ1) is 12.4. The van der Waals surface area contributed by atoms with Crippen molar-refractivity contribution in [2.75, 3.05) is 0 Å². The number of thiophene rings is 1. The van der Waals surface area contributed by atoms with Crippen molar-refractivity contribution in [2.24, 2.45) is 0 Å². The van der Waals surface area contributed by atoms with Crippen LogP contribution in [0.25, 0.3) is 12.2 Å². The summed E-state index contributed by atoms with van der Waals surface area (Å²) in [5, 5.41) is 1.40. The van der Waals surface area contributed by atoms with Crippen LogP contribution in [0.3, 0.4) is 0 Å². The summed E-state index contributed by atoms with van der Waals surface area (Å²) in [6.45, 7) is 10.4. The van der Waals surface area contributed by atoms with Crippen molar-refractivity contribution in [1.82, 2.24) is 0 Å². The van der Waals surface area contributed by atoms with Gasteiger partial charge in [-0.3, -0.25) is 0 Å². The first-order valence-corrected chi connectivity index (χ1v) is 5.82. The second kappa shape index (κ2) is 6.90. The first-order valence-electron chi connectivity index (χ1n) is 5.01. The highest BCUT2D eigenvalue weighted by Gasteiger charge is 1.89. The topological polar surface area (TPSA) is 0 Å². The van der Waals surface area contributed by atoms with E-state index in [1.165, 1.54) is 14.6 Å². The summed E-state index contributed by atoms with van der Waals surface area (Å²) in [6.07, 6.45) is 5.58. The van der Waals surface area contributed by atoms with Crippen molar-refractivity contribution in [3.63, 3.8) is 0 Å². The van der Waals surface area contributed by atoms with Gasteiger partial charge in [0, 0.05) is 9.41 Å². The van der Waals surface area contributed by atoms with Crippen LogP contribution in [0.1, 0.15) is 39.0 Å². The van der Waals surface area contributed by atoms with Gasteiger partial charge in [0.1, 0.15) is 0 Å². The Kier molecular flexibility index (Phi) is 6.61. The molecule has 0 unspecified atom stereocenters. The lowest BCUT2D eigenvalue weighted by atomic mass is 10.3. The highest BCUT2D eigenvalue weighted by atomic mass is 32.1. The minimum absolute atomic E-state index is 1.12. The van der Waals surface area contributed by atoms with Gasteiger partial charge in [0.25, 0.3) is 0 Å². The molecule has 0 aliphatic heterocycles. The molecule has 74 valence electrons. The van der Waals surface area contributed by atoms with Crippen LogP contribution in [0, 0.1) is 6.92 Å². The summed E-state index contributed by atoms with van der Waals surface area (Å²) in [6, 6.07) is 2.25. The molecule has 0 aromatic carbocycles. The second-order valence-electron chi connectivity index (χ2n) is 2.58. The van der Waals surface area contributed by atoms with Gasteiger partial charge in [-0.15, -0.1) is 11.3 Å². The predicted octanol–water partition coefficient (Wildman–Crippen LogP) is 3.07. The summed E-state index contributed by atoms with van der Waals surface area (Å²) in [5.74, 6) is 0. The van der Waals surface area contributed by atoms with Gasteiger partial charge in [-0.25, -0.2) is 0 Å². The van der Waals surface area contributed by atoms with E-state index in [9.17, 15) is 0 Å². The molecular formula is C12H20S. The molecule has 0 amide bonds. The zero-order valence-electron chi connectivity index (χ0n) is 9.35. The molecule has 0 bridgehead atoms. The quantitative estimate of drug-likeness (QED) is 0.647. The molecule has 0 saturated carbocycles. The highest BCUT2D eigenvalue weighted by molar-refractivity contribution is 7.09. The average molecular weight is 196 g/mol. The Morgan fingerprint density at radius 2 is 2.00 bits per heavy atom. The fourth-order valence-electron chi connectivity index (χ4n) is 1.16. The summed E-state index contributed by atoms with van der Waals surface area (Å²) in [7, 11) is 0. The predicted molar refractivity (Wildman–Crippen MR) is 64.5 cm³/mol. The van der Waals surface area contributed by atoms with Gasteiger partial charge in [0.2, 0.25) is 0 Å². The minimum atomic E-state index is 1.12. The van der Waals surface area contributed by atoms with Crippen LogP contribution in [-0.2, 0) is 0 Å². The van der Waals surface area contributed by atoms with Crippen LogP contribution < -0.4 is 9.75 Å². The summed E-state index contributed by atoms with van der Waals surface area (Å²) < 4.78 is 1.41. The highest BCUT2D eigenvalue weighted by Crippen LogP contribution is 1.95. The van der Waals surface area contributed by atoms with E-state index in [4.69, 9.17) is 0 Å². The molecular weight excluding hydrogens is 176 g/mol. The van der Waals surface area contributed by atoms with Crippen molar-refractivity contribution in [3.05, 3.63) is 20.7 Å². The monoisotopic (exact) mass is 196 g/mol. The molecule has 1 aromatic rings. The minimum Gasteiger partial charge on any atom is -0.141 e. The molecule has 0 fully saturated rings. The third-order valence-electron chi connectivity index (χ3n) is 1.60. The van der Waals surface area contributed by atoms with Gasteiger partial charge >= 0.3 is 0 Å². The fraction of sp³-hybridized carbons (Fsp3) is 0.500. The smallest absolute Gasteiger partial charge is 0.0299 e. The van der Waals surface area contributed by atoms with E-state index in [0.717, 1.165) is 6.42 Å². The van der Waals surface area contributed by atoms with Gasteiger partial charge < -0.3 is 0 Å². The van der Waals surface area contributed by atoms with Gasteiger partial charge in [-0.05, 0) is 31.6 Å². The molecule has 0 radical (unpaired) electrons. The molecule has 0 N–H and O–H groups in total. The normalized spacial score (nSPS) is 12.7. The average Bonchev–Trinajstić information content (AvgIpc) is 2.50. The summed E-state index contributed by atoms with van der Waals surface area (Å²) in [4.78, 5) is 1.40. The van der Waals surface area contributed by atoms with Gasteiger partial charge in [0.05, 0.1) is 0 Å². The van der Waals surface area contributed by atoms with E-state index >= 15 is 0 Å². The van der Waals surface area contributed by atoms with Crippen molar-refractivity contribution >= 4 is 23.5 Å². The number of rotatable bonds is 1. The Balaban J connectivity index is 0.000000671. The lowest BCUT2D eigenvalue weighted by Crippen LogP contribution is -2.16. The largest absolute Gasteiger partial charge is 0.141 e. The molecule has 0 spiro atoms. The van der Waals surface area contributed by atoms with Crippen LogP contribution >= 0.6 is 11.3 Å². The van der Waals surface area contributed by atoms with Crippen LogP contribution in [-0.4, -0.2) is 0 Å². The van der Waals surface area contributed by atoms with Crippen LogP contribution in [0.4, 0.5) is 0 Å². The SMILES string of the molecule is C/C=c1/sc(C)c/c1=C/CC.CC. The van der Waals surface area contributed by atoms with Crippen LogP contribution in [0.5, 0.6) is 0 Å². The maximum absolute atomic E-state index is 2.28.